The monoisotopic (exact) mass is 544 g/mol. The Bertz CT molecular complexity index is 1690. The van der Waals surface area contributed by atoms with E-state index in [2.05, 4.69) is 4.98 Å². The number of methoxy groups -OCH3 is 2. The molecule has 4 aromatic rings. The first-order chi connectivity index (χ1) is 18.8. The van der Waals surface area contributed by atoms with E-state index in [9.17, 15) is 19.8 Å². The zero-order valence-electron chi connectivity index (χ0n) is 21.3. The number of aliphatic hydroxyl groups excluding tert-OH is 1. The standard InChI is InChI=1S/C29H24N2O7S/c1-14-10-17-11-16(5-9-21(17)38-14)26(33)24-25(15-4-8-20(32)22(12-15)37-3)31(28(35)27(24)34)29-30-19-7-6-18(36-2)13-23(19)39-29/h4-9,11-14,25,32-33H,10H2,1-3H3/b26-24+/t14-,25-/m1/s1. The third kappa shape index (κ3) is 4.04. The predicted octanol–water partition coefficient (Wildman–Crippen LogP) is 4.97. The maximum absolute atomic E-state index is 13.6. The number of aliphatic hydroxyl groups is 1. The summed E-state index contributed by atoms with van der Waals surface area (Å²) < 4.78 is 17.1. The average molecular weight is 545 g/mol. The molecule has 0 spiro atoms. The lowest BCUT2D eigenvalue weighted by molar-refractivity contribution is -0.132. The number of nitrogens with zero attached hydrogens (tertiary/aromatic N) is 2. The lowest BCUT2D eigenvalue weighted by Gasteiger charge is -2.23. The smallest absolute Gasteiger partial charge is 0.301 e. The van der Waals surface area contributed by atoms with Gasteiger partial charge in [0.2, 0.25) is 0 Å². The van der Waals surface area contributed by atoms with Crippen LogP contribution in [0, 0.1) is 0 Å². The molecule has 2 N–H and O–H groups in total. The number of aromatic nitrogens is 1. The number of Topliss-reactive ketones (excluding diaryl/α,β-unsaturated/α-hetero) is 1. The van der Waals surface area contributed by atoms with E-state index in [1.807, 2.05) is 6.92 Å². The Balaban J connectivity index is 1.54. The Morgan fingerprint density at radius 1 is 1.08 bits per heavy atom. The van der Waals surface area contributed by atoms with Crippen LogP contribution in [0.1, 0.15) is 29.7 Å². The minimum atomic E-state index is -1.02. The van der Waals surface area contributed by atoms with Gasteiger partial charge in [-0.05, 0) is 66.6 Å². The summed E-state index contributed by atoms with van der Waals surface area (Å²) in [5, 5.41) is 22.0. The summed E-state index contributed by atoms with van der Waals surface area (Å²) in [5.41, 5.74) is 2.31. The predicted molar refractivity (Wildman–Crippen MR) is 146 cm³/mol. The molecule has 198 valence electrons. The molecule has 0 aliphatic carbocycles. The molecule has 9 nitrogen and oxygen atoms in total. The third-order valence-electron chi connectivity index (χ3n) is 6.92. The van der Waals surface area contributed by atoms with Crippen molar-refractivity contribution in [2.75, 3.05) is 19.1 Å². The van der Waals surface area contributed by atoms with Crippen molar-refractivity contribution in [3.05, 3.63) is 76.9 Å². The van der Waals surface area contributed by atoms with Crippen molar-refractivity contribution in [3.63, 3.8) is 0 Å². The number of ketones is 1. The van der Waals surface area contributed by atoms with Gasteiger partial charge in [-0.15, -0.1) is 0 Å². The third-order valence-corrected chi connectivity index (χ3v) is 7.94. The number of hydrogen-bond donors (Lipinski definition) is 2. The molecular weight excluding hydrogens is 520 g/mol. The molecule has 1 saturated heterocycles. The van der Waals surface area contributed by atoms with Crippen LogP contribution >= 0.6 is 11.3 Å². The van der Waals surface area contributed by atoms with Gasteiger partial charge in [-0.2, -0.15) is 0 Å². The first-order valence-corrected chi connectivity index (χ1v) is 13.0. The largest absolute Gasteiger partial charge is 0.507 e. The van der Waals surface area contributed by atoms with Gasteiger partial charge in [-0.1, -0.05) is 17.4 Å². The maximum Gasteiger partial charge on any atom is 0.301 e. The summed E-state index contributed by atoms with van der Waals surface area (Å²) in [6.45, 7) is 1.96. The highest BCUT2D eigenvalue weighted by Gasteiger charge is 2.48. The van der Waals surface area contributed by atoms with Crippen molar-refractivity contribution in [1.29, 1.82) is 0 Å². The highest BCUT2D eigenvalue weighted by Crippen LogP contribution is 2.46. The van der Waals surface area contributed by atoms with Crippen LogP contribution in [0.25, 0.3) is 16.0 Å². The van der Waals surface area contributed by atoms with Crippen LogP contribution in [0.3, 0.4) is 0 Å². The minimum Gasteiger partial charge on any atom is -0.507 e. The van der Waals surface area contributed by atoms with E-state index in [4.69, 9.17) is 14.2 Å². The number of benzene rings is 3. The van der Waals surface area contributed by atoms with E-state index in [0.717, 1.165) is 16.0 Å². The molecule has 39 heavy (non-hydrogen) atoms. The molecule has 2 aliphatic heterocycles. The van der Waals surface area contributed by atoms with E-state index in [1.165, 1.54) is 29.4 Å². The molecule has 1 aromatic heterocycles. The van der Waals surface area contributed by atoms with Gasteiger partial charge in [0.05, 0.1) is 36.1 Å². The molecule has 6 rings (SSSR count). The van der Waals surface area contributed by atoms with Crippen LogP contribution in [0.4, 0.5) is 5.13 Å². The molecule has 0 unspecified atom stereocenters. The van der Waals surface area contributed by atoms with Crippen LogP contribution in [0.2, 0.25) is 0 Å². The normalized spacial score (nSPS) is 19.8. The second kappa shape index (κ2) is 9.32. The second-order valence-electron chi connectivity index (χ2n) is 9.39. The van der Waals surface area contributed by atoms with E-state index in [-0.39, 0.29) is 34.1 Å². The van der Waals surface area contributed by atoms with Gasteiger partial charge in [-0.25, -0.2) is 4.98 Å². The zero-order chi connectivity index (χ0) is 27.4. The summed E-state index contributed by atoms with van der Waals surface area (Å²) in [5.74, 6) is -0.547. The molecule has 3 aromatic carbocycles. The Labute approximate surface area is 227 Å². The van der Waals surface area contributed by atoms with E-state index in [1.54, 1.807) is 55.6 Å². The molecular formula is C29H24N2O7S. The number of carbonyl (C=O) groups excluding carboxylic acids is 2. The molecule has 3 heterocycles. The van der Waals surface area contributed by atoms with Crippen molar-refractivity contribution in [2.45, 2.75) is 25.5 Å². The first-order valence-electron chi connectivity index (χ1n) is 12.2. The van der Waals surface area contributed by atoms with Crippen molar-refractivity contribution in [3.8, 4) is 23.0 Å². The summed E-state index contributed by atoms with van der Waals surface area (Å²) in [6.07, 6.45) is 0.670. The lowest BCUT2D eigenvalue weighted by atomic mass is 9.94. The van der Waals surface area contributed by atoms with Crippen molar-refractivity contribution >= 4 is 44.1 Å². The molecule has 1 fully saturated rings. The van der Waals surface area contributed by atoms with Crippen molar-refractivity contribution in [2.24, 2.45) is 0 Å². The number of aromatic hydroxyl groups is 1. The summed E-state index contributed by atoms with van der Waals surface area (Å²) in [6, 6.07) is 14.1. The molecule has 2 aliphatic rings. The molecule has 2 atom stereocenters. The number of phenols is 1. The number of phenolic OH excluding ortho intramolecular Hbond substituents is 1. The molecule has 1 amide bonds. The average Bonchev–Trinajstić information content (AvgIpc) is 3.60. The highest BCUT2D eigenvalue weighted by atomic mass is 32.1. The SMILES string of the molecule is COc1ccc2nc(N3C(=O)C(=O)/C(=C(/O)c4ccc5c(c4)C[C@@H](C)O5)[C@H]3c3ccc(O)c(OC)c3)sc2c1. The first kappa shape index (κ1) is 24.7. The Morgan fingerprint density at radius 2 is 1.90 bits per heavy atom. The highest BCUT2D eigenvalue weighted by molar-refractivity contribution is 7.22. The van der Waals surface area contributed by atoms with E-state index < -0.39 is 17.7 Å². The van der Waals surface area contributed by atoms with Gasteiger partial charge in [0.25, 0.3) is 5.78 Å². The fraction of sp³-hybridized carbons (Fsp3) is 0.207. The zero-order valence-corrected chi connectivity index (χ0v) is 22.1. The number of anilines is 1. The number of amides is 1. The van der Waals surface area contributed by atoms with Crippen molar-refractivity contribution in [1.82, 2.24) is 4.98 Å². The second-order valence-corrected chi connectivity index (χ2v) is 10.4. The number of fused-ring (bicyclic) bond motifs is 2. The van der Waals surface area contributed by atoms with E-state index in [0.29, 0.717) is 28.8 Å². The Morgan fingerprint density at radius 3 is 2.67 bits per heavy atom. The van der Waals surface area contributed by atoms with Crippen molar-refractivity contribution < 1.29 is 34.0 Å². The number of thiazole rings is 1. The number of rotatable bonds is 5. The number of carbonyl (C=O) groups is 2. The molecule has 0 bridgehead atoms. The fourth-order valence-corrected chi connectivity index (χ4v) is 6.08. The molecule has 10 heteroatoms. The maximum atomic E-state index is 13.6. The van der Waals surface area contributed by atoms with Gasteiger partial charge in [0.1, 0.15) is 23.4 Å². The lowest BCUT2D eigenvalue weighted by Crippen LogP contribution is -2.29. The van der Waals surface area contributed by atoms with Crippen LogP contribution in [0.15, 0.2) is 60.2 Å². The van der Waals surface area contributed by atoms with Crippen LogP contribution in [-0.2, 0) is 16.0 Å². The summed E-state index contributed by atoms with van der Waals surface area (Å²) in [4.78, 5) is 33.0. The quantitative estimate of drug-likeness (QED) is 0.205. The molecule has 0 saturated carbocycles. The number of hydrogen-bond acceptors (Lipinski definition) is 9. The van der Waals surface area contributed by atoms with Gasteiger partial charge >= 0.3 is 5.91 Å². The van der Waals surface area contributed by atoms with Gasteiger partial charge in [-0.3, -0.25) is 14.5 Å². The Hall–Kier alpha value is -4.57. The van der Waals surface area contributed by atoms with Crippen LogP contribution < -0.4 is 19.1 Å². The van der Waals surface area contributed by atoms with Gasteiger partial charge < -0.3 is 24.4 Å². The minimum absolute atomic E-state index is 0.00472. The molecule has 0 radical (unpaired) electrons. The Kier molecular flexibility index (Phi) is 5.91. The van der Waals surface area contributed by atoms with E-state index >= 15 is 0 Å². The number of ether oxygens (including phenoxy) is 3. The van der Waals surface area contributed by atoms with Crippen LogP contribution in [0.5, 0.6) is 23.0 Å². The summed E-state index contributed by atoms with van der Waals surface area (Å²) in [7, 11) is 2.97. The summed E-state index contributed by atoms with van der Waals surface area (Å²) >= 11 is 1.23. The van der Waals surface area contributed by atoms with Gasteiger partial charge in [0.15, 0.2) is 16.6 Å². The fourth-order valence-electron chi connectivity index (χ4n) is 5.06. The van der Waals surface area contributed by atoms with Gasteiger partial charge in [0, 0.05) is 12.0 Å². The topological polar surface area (TPSA) is 118 Å². The van der Waals surface area contributed by atoms with Crippen LogP contribution in [-0.4, -0.2) is 47.2 Å².